The summed E-state index contributed by atoms with van der Waals surface area (Å²) in [6, 6.07) is 5.79. The number of carbonyl (C=O) groups excluding carboxylic acids is 1. The molecule has 2 unspecified atom stereocenters. The Labute approximate surface area is 275 Å². The Morgan fingerprint density at radius 3 is 2.65 bits per heavy atom. The SMILES string of the molecule is CCOC(=O)C(C)C(c1ccc(C)c(CN2C[C@@H]3CCCCN3c3ncc(F)cc3S2(=O)=O)n1)c1ccn2c(C(F)(F)F)nnc2c1C. The monoisotopic (exact) mass is 689 g/mol. The third-order valence-corrected chi connectivity index (χ3v) is 11.0. The van der Waals surface area contributed by atoms with E-state index in [2.05, 4.69) is 15.2 Å². The number of anilines is 1. The van der Waals surface area contributed by atoms with Crippen molar-refractivity contribution in [3.63, 3.8) is 0 Å². The third kappa shape index (κ3) is 5.99. The number of piperidine rings is 1. The first kappa shape index (κ1) is 33.7. The second kappa shape index (κ2) is 12.7. The van der Waals surface area contributed by atoms with Crippen LogP contribution in [0.25, 0.3) is 5.65 Å². The molecule has 0 amide bonds. The molecule has 16 heteroatoms. The van der Waals surface area contributed by atoms with E-state index in [9.17, 15) is 30.8 Å². The normalized spacial score (nSPS) is 19.3. The highest BCUT2D eigenvalue weighted by Crippen LogP contribution is 2.39. The number of hydrogen-bond acceptors (Lipinski definition) is 9. The van der Waals surface area contributed by atoms with Crippen LogP contribution in [0.3, 0.4) is 0 Å². The van der Waals surface area contributed by atoms with E-state index in [0.717, 1.165) is 35.9 Å². The second-order valence-electron chi connectivity index (χ2n) is 12.2. The number of carbonyl (C=O) groups is 1. The van der Waals surface area contributed by atoms with Gasteiger partial charge >= 0.3 is 12.1 Å². The fourth-order valence-electron chi connectivity index (χ4n) is 6.72. The predicted molar refractivity (Wildman–Crippen MR) is 166 cm³/mol. The number of alkyl halides is 3. The van der Waals surface area contributed by atoms with Gasteiger partial charge in [0.2, 0.25) is 15.8 Å². The first-order valence-electron chi connectivity index (χ1n) is 15.7. The molecule has 0 spiro atoms. The zero-order valence-corrected chi connectivity index (χ0v) is 27.6. The maximum atomic E-state index is 14.4. The smallest absolute Gasteiger partial charge is 0.452 e. The fraction of sp³-hybridized carbons (Fsp3) is 0.469. The van der Waals surface area contributed by atoms with Gasteiger partial charge in [-0.05, 0) is 74.9 Å². The van der Waals surface area contributed by atoms with Crippen molar-refractivity contribution in [2.45, 2.75) is 76.5 Å². The first-order valence-corrected chi connectivity index (χ1v) is 17.1. The first-order chi connectivity index (χ1) is 22.7. The van der Waals surface area contributed by atoms with Crippen molar-refractivity contribution < 1.29 is 35.5 Å². The summed E-state index contributed by atoms with van der Waals surface area (Å²) in [6.07, 6.45) is 0.00420. The van der Waals surface area contributed by atoms with Crippen molar-refractivity contribution in [2.24, 2.45) is 5.92 Å². The summed E-state index contributed by atoms with van der Waals surface area (Å²) in [5, 5.41) is 7.16. The van der Waals surface area contributed by atoms with Gasteiger partial charge in [0.15, 0.2) is 5.65 Å². The number of rotatable bonds is 7. The number of sulfonamides is 1. The molecule has 0 aliphatic carbocycles. The lowest BCUT2D eigenvalue weighted by molar-refractivity contribution is -0.148. The van der Waals surface area contributed by atoms with Crippen LogP contribution in [0.4, 0.5) is 23.4 Å². The molecule has 256 valence electrons. The molecule has 0 aromatic carbocycles. The second-order valence-corrected chi connectivity index (χ2v) is 14.2. The number of aromatic nitrogens is 5. The molecule has 0 radical (unpaired) electrons. The molecule has 0 N–H and O–H groups in total. The topological polar surface area (TPSA) is 123 Å². The van der Waals surface area contributed by atoms with Gasteiger partial charge in [-0.25, -0.2) is 17.8 Å². The molecule has 4 aromatic rings. The summed E-state index contributed by atoms with van der Waals surface area (Å²) in [7, 11) is -4.21. The minimum atomic E-state index is -4.73. The average Bonchev–Trinajstić information content (AvgIpc) is 3.46. The van der Waals surface area contributed by atoms with Gasteiger partial charge in [-0.1, -0.05) is 13.0 Å². The van der Waals surface area contributed by atoms with Crippen LogP contribution in [0, 0.1) is 25.6 Å². The molecule has 11 nitrogen and oxygen atoms in total. The van der Waals surface area contributed by atoms with Crippen molar-refractivity contribution in [1.82, 2.24) is 28.9 Å². The molecule has 6 heterocycles. The average molecular weight is 690 g/mol. The lowest BCUT2D eigenvalue weighted by atomic mass is 9.82. The number of esters is 1. The van der Waals surface area contributed by atoms with Gasteiger partial charge in [0.05, 0.1) is 31.0 Å². The minimum Gasteiger partial charge on any atom is -0.466 e. The van der Waals surface area contributed by atoms with Crippen molar-refractivity contribution in [3.05, 3.63) is 76.4 Å². The van der Waals surface area contributed by atoms with E-state index in [1.54, 1.807) is 39.8 Å². The van der Waals surface area contributed by atoms with Gasteiger partial charge in [-0.3, -0.25) is 14.2 Å². The van der Waals surface area contributed by atoms with Crippen molar-refractivity contribution in [2.75, 3.05) is 24.6 Å². The molecule has 3 atom stereocenters. The molecule has 48 heavy (non-hydrogen) atoms. The van der Waals surface area contributed by atoms with Gasteiger partial charge in [0.1, 0.15) is 16.5 Å². The van der Waals surface area contributed by atoms with E-state index in [4.69, 9.17) is 9.72 Å². The Balaban J connectivity index is 1.44. The Morgan fingerprint density at radius 2 is 1.92 bits per heavy atom. The summed E-state index contributed by atoms with van der Waals surface area (Å²) >= 11 is 0. The molecular weight excluding hydrogens is 654 g/mol. The number of pyridine rings is 3. The molecule has 4 aromatic heterocycles. The van der Waals surface area contributed by atoms with Gasteiger partial charge in [0.25, 0.3) is 0 Å². The van der Waals surface area contributed by atoms with E-state index in [1.165, 1.54) is 16.6 Å². The van der Waals surface area contributed by atoms with Crippen LogP contribution in [0.1, 0.15) is 72.9 Å². The number of hydrogen-bond donors (Lipinski definition) is 0. The van der Waals surface area contributed by atoms with E-state index >= 15 is 0 Å². The Morgan fingerprint density at radius 1 is 1.15 bits per heavy atom. The molecule has 1 fully saturated rings. The van der Waals surface area contributed by atoms with Crippen LogP contribution in [-0.4, -0.2) is 69.0 Å². The summed E-state index contributed by atoms with van der Waals surface area (Å²) in [6.45, 7) is 7.41. The molecular formula is C32H35F4N7O4S. The minimum absolute atomic E-state index is 0.0274. The van der Waals surface area contributed by atoms with Crippen LogP contribution < -0.4 is 4.90 Å². The number of halogens is 4. The Hall–Kier alpha value is -4.18. The number of fused-ring (bicyclic) bond motifs is 4. The molecule has 0 bridgehead atoms. The lowest BCUT2D eigenvalue weighted by Gasteiger charge is -2.36. The summed E-state index contributed by atoms with van der Waals surface area (Å²) in [5.41, 5.74) is 2.30. The molecule has 2 aliphatic rings. The Bertz CT molecular complexity index is 1980. The summed E-state index contributed by atoms with van der Waals surface area (Å²) < 4.78 is 90.9. The van der Waals surface area contributed by atoms with Crippen LogP contribution in [0.15, 0.2) is 41.6 Å². The summed E-state index contributed by atoms with van der Waals surface area (Å²) in [5.74, 6) is -3.88. The van der Waals surface area contributed by atoms with Gasteiger partial charge in [-0.15, -0.1) is 10.2 Å². The molecule has 2 aliphatic heterocycles. The van der Waals surface area contributed by atoms with Crippen LogP contribution in [-0.2, 0) is 32.3 Å². The highest BCUT2D eigenvalue weighted by Gasteiger charge is 2.41. The molecule has 1 saturated heterocycles. The van der Waals surface area contributed by atoms with E-state index in [0.29, 0.717) is 34.6 Å². The Kier molecular flexibility index (Phi) is 8.91. The standard InChI is InChI=1S/C32H35F4N7O4S/c1-5-47-30(44)20(4)27(23-11-13-43-28(19(23)3)39-40-31(43)32(34,35)36)24-10-9-18(2)25(38-24)17-41-16-22-8-6-7-12-42(22)29-26(48(41,45)46)14-21(33)15-37-29/h9-11,13-15,20,22,27H,5-8,12,16-17H2,1-4H3/t20?,22-,27?/m0/s1. The highest BCUT2D eigenvalue weighted by molar-refractivity contribution is 7.89. The highest BCUT2D eigenvalue weighted by atomic mass is 32.2. The van der Waals surface area contributed by atoms with Crippen molar-refractivity contribution in [1.29, 1.82) is 0 Å². The maximum Gasteiger partial charge on any atom is 0.452 e. The van der Waals surface area contributed by atoms with E-state index in [1.807, 2.05) is 4.90 Å². The van der Waals surface area contributed by atoms with Crippen LogP contribution >= 0.6 is 0 Å². The van der Waals surface area contributed by atoms with E-state index in [-0.39, 0.29) is 42.1 Å². The largest absolute Gasteiger partial charge is 0.466 e. The van der Waals surface area contributed by atoms with Crippen molar-refractivity contribution in [3.8, 4) is 0 Å². The van der Waals surface area contributed by atoms with Gasteiger partial charge < -0.3 is 9.64 Å². The van der Waals surface area contributed by atoms with Crippen LogP contribution in [0.2, 0.25) is 0 Å². The number of aryl methyl sites for hydroxylation is 2. The quantitative estimate of drug-likeness (QED) is 0.191. The number of nitrogens with zero attached hydrogens (tertiary/aromatic N) is 7. The molecule has 6 rings (SSSR count). The van der Waals surface area contributed by atoms with Crippen molar-refractivity contribution >= 4 is 27.5 Å². The fourth-order valence-corrected chi connectivity index (χ4v) is 8.32. The molecule has 0 saturated carbocycles. The van der Waals surface area contributed by atoms with Gasteiger partial charge in [0, 0.05) is 36.9 Å². The van der Waals surface area contributed by atoms with Crippen LogP contribution in [0.5, 0.6) is 0 Å². The zero-order valence-electron chi connectivity index (χ0n) is 26.8. The predicted octanol–water partition coefficient (Wildman–Crippen LogP) is 5.19. The lowest BCUT2D eigenvalue weighted by Crippen LogP contribution is -2.45. The van der Waals surface area contributed by atoms with Gasteiger partial charge in [-0.2, -0.15) is 17.5 Å². The van der Waals surface area contributed by atoms with E-state index < -0.39 is 45.6 Å². The zero-order chi connectivity index (χ0) is 34.5. The summed E-state index contributed by atoms with van der Waals surface area (Å²) in [4.78, 5) is 24.0. The third-order valence-electron chi connectivity index (χ3n) is 9.21. The number of ether oxygens (including phenoxy) is 1. The maximum absolute atomic E-state index is 14.4.